The lowest BCUT2D eigenvalue weighted by atomic mass is 9.77. The number of sulfone groups is 1. The molecule has 0 saturated carbocycles. The number of amides is 1. The van der Waals surface area contributed by atoms with Crippen LogP contribution in [0.25, 0.3) is 0 Å². The van der Waals surface area contributed by atoms with Gasteiger partial charge in [-0.05, 0) is 20.8 Å². The van der Waals surface area contributed by atoms with Crippen molar-refractivity contribution < 1.29 is 23.1 Å². The minimum absolute atomic E-state index is 0.0412. The van der Waals surface area contributed by atoms with Crippen LogP contribution in [0.5, 0.6) is 0 Å². The van der Waals surface area contributed by atoms with E-state index >= 15 is 0 Å². The van der Waals surface area contributed by atoms with Crippen LogP contribution in [0.2, 0.25) is 0 Å². The maximum atomic E-state index is 11.7. The van der Waals surface area contributed by atoms with Crippen LogP contribution >= 0.6 is 0 Å². The zero-order chi connectivity index (χ0) is 13.8. The summed E-state index contributed by atoms with van der Waals surface area (Å²) < 4.78 is 28.1. The predicted octanol–water partition coefficient (Wildman–Crippen LogP) is 0.0128. The Balaban J connectivity index is 1.97. The first-order chi connectivity index (χ1) is 8.03. The van der Waals surface area contributed by atoms with Gasteiger partial charge in [-0.2, -0.15) is 0 Å². The zero-order valence-electron chi connectivity index (χ0n) is 10.8. The average molecular weight is 277 g/mol. The van der Waals surface area contributed by atoms with Crippen molar-refractivity contribution in [3.63, 3.8) is 0 Å². The van der Waals surface area contributed by atoms with Crippen LogP contribution in [0, 0.1) is 5.41 Å². The first-order valence-electron chi connectivity index (χ1n) is 5.89. The number of nitrogens with zero attached hydrogens (tertiary/aromatic N) is 1. The van der Waals surface area contributed by atoms with Crippen LogP contribution in [-0.4, -0.2) is 60.8 Å². The monoisotopic (exact) mass is 277 g/mol. The van der Waals surface area contributed by atoms with Gasteiger partial charge >= 0.3 is 6.09 Å². The molecule has 2 rings (SSSR count). The molecular weight excluding hydrogens is 258 g/mol. The molecule has 2 aliphatic heterocycles. The predicted molar refractivity (Wildman–Crippen MR) is 64.9 cm³/mol. The van der Waals surface area contributed by atoms with Crippen molar-refractivity contribution in [1.29, 1.82) is 0 Å². The molecule has 0 unspecified atom stereocenters. The van der Waals surface area contributed by atoms with Gasteiger partial charge in [0.05, 0.1) is 17.6 Å². The Morgan fingerprint density at radius 1 is 1.39 bits per heavy atom. The fourth-order valence-electron chi connectivity index (χ4n) is 2.48. The minimum Gasteiger partial charge on any atom is -0.444 e. The number of likely N-dealkylation sites (tertiary alicyclic amines) is 1. The summed E-state index contributed by atoms with van der Waals surface area (Å²) in [4.78, 5) is 13.2. The van der Waals surface area contributed by atoms with Gasteiger partial charge in [-0.25, -0.2) is 13.2 Å². The van der Waals surface area contributed by atoms with E-state index in [1.807, 2.05) is 0 Å². The molecule has 1 N–H and O–H groups in total. The number of hydrogen-bond acceptors (Lipinski definition) is 5. The first-order valence-corrected chi connectivity index (χ1v) is 7.72. The van der Waals surface area contributed by atoms with Crippen molar-refractivity contribution in [2.75, 3.05) is 24.6 Å². The molecule has 2 fully saturated rings. The van der Waals surface area contributed by atoms with Crippen molar-refractivity contribution in [3.8, 4) is 0 Å². The maximum absolute atomic E-state index is 11.7. The largest absolute Gasteiger partial charge is 0.444 e. The van der Waals surface area contributed by atoms with E-state index in [0.29, 0.717) is 0 Å². The molecule has 0 aromatic carbocycles. The van der Waals surface area contributed by atoms with Crippen LogP contribution in [0.3, 0.4) is 0 Å². The SMILES string of the molecule is CC(C)(C)OC(=O)N1CC2(C1)CS(=O)(=O)C[C@H]2O. The van der Waals surface area contributed by atoms with Crippen molar-refractivity contribution in [1.82, 2.24) is 4.90 Å². The van der Waals surface area contributed by atoms with E-state index in [2.05, 4.69) is 0 Å². The van der Waals surface area contributed by atoms with Crippen LogP contribution in [0.15, 0.2) is 0 Å². The van der Waals surface area contributed by atoms with Gasteiger partial charge in [0.15, 0.2) is 9.84 Å². The molecule has 0 aliphatic carbocycles. The molecule has 0 aromatic heterocycles. The number of rotatable bonds is 0. The van der Waals surface area contributed by atoms with Crippen LogP contribution in [0.4, 0.5) is 4.79 Å². The van der Waals surface area contributed by atoms with Gasteiger partial charge in [0.2, 0.25) is 0 Å². The smallest absolute Gasteiger partial charge is 0.410 e. The van der Waals surface area contributed by atoms with E-state index in [1.54, 1.807) is 20.8 Å². The molecular formula is C11H19NO5S. The molecule has 7 heteroatoms. The van der Waals surface area contributed by atoms with Gasteiger partial charge in [-0.1, -0.05) is 0 Å². The third kappa shape index (κ3) is 2.47. The normalized spacial score (nSPS) is 29.1. The summed E-state index contributed by atoms with van der Waals surface area (Å²) in [5.41, 5.74) is -1.24. The van der Waals surface area contributed by atoms with Crippen LogP contribution in [-0.2, 0) is 14.6 Å². The standard InChI is InChI=1S/C11H19NO5S/c1-10(2,3)17-9(14)12-5-11(6-12)7-18(15,16)4-8(11)13/h8,13H,4-7H2,1-3H3/t8-/m1/s1. The van der Waals surface area contributed by atoms with Gasteiger partial charge in [-0.15, -0.1) is 0 Å². The van der Waals surface area contributed by atoms with E-state index in [4.69, 9.17) is 4.74 Å². The lowest BCUT2D eigenvalue weighted by Gasteiger charge is -2.48. The quantitative estimate of drug-likeness (QED) is 0.674. The zero-order valence-corrected chi connectivity index (χ0v) is 11.7. The average Bonchev–Trinajstić information content (AvgIpc) is 2.29. The lowest BCUT2D eigenvalue weighted by Crippen LogP contribution is -2.64. The van der Waals surface area contributed by atoms with Gasteiger partial charge in [-0.3, -0.25) is 0 Å². The van der Waals surface area contributed by atoms with Gasteiger partial charge in [0.25, 0.3) is 0 Å². The summed E-state index contributed by atoms with van der Waals surface area (Å²) in [6.07, 6.45) is -1.33. The van der Waals surface area contributed by atoms with E-state index in [9.17, 15) is 18.3 Å². The minimum atomic E-state index is -3.18. The molecule has 1 atom stereocenters. The second kappa shape index (κ2) is 3.84. The molecule has 0 radical (unpaired) electrons. The Labute approximate surface area is 107 Å². The van der Waals surface area contributed by atoms with E-state index < -0.39 is 33.1 Å². The van der Waals surface area contributed by atoms with Gasteiger partial charge < -0.3 is 14.7 Å². The van der Waals surface area contributed by atoms with Crippen LogP contribution in [0.1, 0.15) is 20.8 Å². The molecule has 1 spiro atoms. The van der Waals surface area contributed by atoms with Gasteiger partial charge in [0.1, 0.15) is 5.60 Å². The molecule has 18 heavy (non-hydrogen) atoms. The summed E-state index contributed by atoms with van der Waals surface area (Å²) in [5, 5.41) is 9.81. The number of aliphatic hydroxyl groups excluding tert-OH is 1. The molecule has 1 amide bonds. The van der Waals surface area contributed by atoms with E-state index in [1.165, 1.54) is 4.90 Å². The summed E-state index contributed by atoms with van der Waals surface area (Å²) in [5.74, 6) is -0.240. The highest BCUT2D eigenvalue weighted by atomic mass is 32.2. The fraction of sp³-hybridized carbons (Fsp3) is 0.909. The highest BCUT2D eigenvalue weighted by Gasteiger charge is 2.58. The van der Waals surface area contributed by atoms with Crippen molar-refractivity contribution in [2.45, 2.75) is 32.5 Å². The molecule has 6 nitrogen and oxygen atoms in total. The molecule has 2 saturated heterocycles. The van der Waals surface area contributed by atoms with E-state index in [0.717, 1.165) is 0 Å². The molecule has 2 heterocycles. The molecule has 2 aliphatic rings. The summed E-state index contributed by atoms with van der Waals surface area (Å²) >= 11 is 0. The molecule has 0 bridgehead atoms. The Bertz CT molecular complexity index is 458. The number of ether oxygens (including phenoxy) is 1. The third-order valence-electron chi connectivity index (χ3n) is 3.29. The Hall–Kier alpha value is -0.820. The number of carbonyl (C=O) groups is 1. The number of aliphatic hydroxyl groups is 1. The summed E-state index contributed by atoms with van der Waals surface area (Å²) in [7, 11) is -3.18. The van der Waals surface area contributed by atoms with Crippen molar-refractivity contribution in [2.24, 2.45) is 5.41 Å². The molecule has 0 aromatic rings. The van der Waals surface area contributed by atoms with Crippen molar-refractivity contribution in [3.05, 3.63) is 0 Å². The first kappa shape index (κ1) is 13.6. The highest BCUT2D eigenvalue weighted by Crippen LogP contribution is 2.41. The number of hydrogen-bond donors (Lipinski definition) is 1. The van der Waals surface area contributed by atoms with Crippen LogP contribution < -0.4 is 0 Å². The summed E-state index contributed by atoms with van der Waals surface area (Å²) in [6.45, 7) is 5.82. The van der Waals surface area contributed by atoms with Gasteiger partial charge in [0, 0.05) is 18.5 Å². The third-order valence-corrected chi connectivity index (χ3v) is 5.13. The topological polar surface area (TPSA) is 83.9 Å². The van der Waals surface area contributed by atoms with E-state index in [-0.39, 0.29) is 24.6 Å². The maximum Gasteiger partial charge on any atom is 0.410 e. The van der Waals surface area contributed by atoms with Crippen molar-refractivity contribution >= 4 is 15.9 Å². The second-order valence-corrected chi connectivity index (χ2v) is 8.38. The summed E-state index contributed by atoms with van der Waals surface area (Å²) in [6, 6.07) is 0. The Kier molecular flexibility index (Phi) is 2.90. The highest BCUT2D eigenvalue weighted by molar-refractivity contribution is 7.91. The lowest BCUT2D eigenvalue weighted by molar-refractivity contribution is -0.0679. The fourth-order valence-corrected chi connectivity index (χ4v) is 4.69. The Morgan fingerprint density at radius 3 is 2.33 bits per heavy atom. The second-order valence-electron chi connectivity index (χ2n) is 6.27. The Morgan fingerprint density at radius 2 is 1.94 bits per heavy atom. The number of carbonyl (C=O) groups excluding carboxylic acids is 1. The molecule has 104 valence electrons.